The highest BCUT2D eigenvalue weighted by atomic mass is 16.6. The van der Waals surface area contributed by atoms with Crippen LogP contribution in [-0.2, 0) is 0 Å². The molecule has 7 nitrogen and oxygen atoms in total. The molecule has 20 heavy (non-hydrogen) atoms. The molecule has 0 N–H and O–H groups in total. The van der Waals surface area contributed by atoms with Gasteiger partial charge in [0.2, 0.25) is 0 Å². The van der Waals surface area contributed by atoms with Crippen LogP contribution in [0, 0.1) is 35.3 Å². The Hall–Kier alpha value is -3.01. The van der Waals surface area contributed by atoms with Gasteiger partial charge in [-0.2, -0.15) is 10.4 Å². The Kier molecular flexibility index (Phi) is 3.57. The first-order chi connectivity index (χ1) is 9.52. The molecule has 0 radical (unpaired) electrons. The molecule has 0 bridgehead atoms. The number of hydrogen-bond donors (Lipinski definition) is 0. The van der Waals surface area contributed by atoms with Crippen LogP contribution < -0.4 is 4.74 Å². The lowest BCUT2D eigenvalue weighted by Gasteiger charge is -2.08. The lowest BCUT2D eigenvalue weighted by atomic mass is 10.1. The number of ether oxygens (including phenoxy) is 1. The summed E-state index contributed by atoms with van der Waals surface area (Å²) in [4.78, 5) is 10.2. The number of benzene rings is 1. The number of nitrogens with zero attached hydrogens (tertiary/aromatic N) is 4. The zero-order valence-electron chi connectivity index (χ0n) is 10.8. The van der Waals surface area contributed by atoms with Crippen LogP contribution >= 0.6 is 0 Å². The molecule has 0 spiro atoms. The van der Waals surface area contributed by atoms with E-state index >= 15 is 0 Å². The maximum atomic E-state index is 10.7. The summed E-state index contributed by atoms with van der Waals surface area (Å²) >= 11 is 0. The van der Waals surface area contributed by atoms with Gasteiger partial charge in [0.05, 0.1) is 16.7 Å². The van der Waals surface area contributed by atoms with Crippen LogP contribution in [0.3, 0.4) is 0 Å². The van der Waals surface area contributed by atoms with Crippen LogP contribution in [0.4, 0.5) is 5.69 Å². The maximum absolute atomic E-state index is 10.7. The van der Waals surface area contributed by atoms with E-state index in [4.69, 9.17) is 10.00 Å². The summed E-state index contributed by atoms with van der Waals surface area (Å²) in [5.41, 5.74) is 1.47. The first-order valence-corrected chi connectivity index (χ1v) is 5.69. The van der Waals surface area contributed by atoms with Crippen molar-refractivity contribution in [2.45, 2.75) is 13.8 Å². The van der Waals surface area contributed by atoms with Crippen LogP contribution in [0.1, 0.15) is 16.8 Å². The van der Waals surface area contributed by atoms with Gasteiger partial charge in [0.1, 0.15) is 17.4 Å². The van der Waals surface area contributed by atoms with E-state index in [2.05, 4.69) is 10.2 Å². The van der Waals surface area contributed by atoms with Gasteiger partial charge in [0.15, 0.2) is 0 Å². The number of nitro groups is 1. The van der Waals surface area contributed by atoms with Gasteiger partial charge in [0.25, 0.3) is 11.6 Å². The lowest BCUT2D eigenvalue weighted by Crippen LogP contribution is -2.00. The molecule has 1 aromatic carbocycles. The molecular formula is C13H10N4O3. The number of aryl methyl sites for hydroxylation is 1. The molecule has 1 heterocycles. The third-order valence-corrected chi connectivity index (χ3v) is 2.78. The summed E-state index contributed by atoms with van der Waals surface area (Å²) < 4.78 is 5.43. The number of nitriles is 1. The van der Waals surface area contributed by atoms with E-state index in [0.717, 1.165) is 0 Å². The summed E-state index contributed by atoms with van der Waals surface area (Å²) in [6, 6.07) is 7.65. The first kappa shape index (κ1) is 13.4. The Morgan fingerprint density at radius 3 is 2.75 bits per heavy atom. The van der Waals surface area contributed by atoms with Crippen molar-refractivity contribution in [2.24, 2.45) is 0 Å². The van der Waals surface area contributed by atoms with E-state index in [0.29, 0.717) is 11.3 Å². The Labute approximate surface area is 114 Å². The fraction of sp³-hybridized carbons (Fsp3) is 0.154. The van der Waals surface area contributed by atoms with Crippen molar-refractivity contribution in [1.82, 2.24) is 10.2 Å². The minimum Gasteiger partial charge on any atom is -0.436 e. The predicted octanol–water partition coefficient (Wildman–Crippen LogP) is 2.67. The van der Waals surface area contributed by atoms with Crippen molar-refractivity contribution in [2.75, 3.05) is 0 Å². The molecule has 0 saturated heterocycles. The van der Waals surface area contributed by atoms with Crippen molar-refractivity contribution in [3.63, 3.8) is 0 Å². The van der Waals surface area contributed by atoms with Crippen LogP contribution in [-0.4, -0.2) is 15.1 Å². The standard InChI is InChI=1S/C13H10N4O3/c1-8-9(2)15-16-13(12(8)7-14)20-11-5-3-4-10(6-11)17(18)19/h3-6H,1-2H3. The Morgan fingerprint density at radius 1 is 1.35 bits per heavy atom. The number of rotatable bonds is 3. The normalized spacial score (nSPS) is 9.85. The molecule has 0 aliphatic heterocycles. The number of non-ortho nitro benzene ring substituents is 1. The van der Waals surface area contributed by atoms with Crippen LogP contribution in [0.25, 0.3) is 0 Å². The SMILES string of the molecule is Cc1nnc(Oc2cccc([N+](=O)[O-])c2)c(C#N)c1C. The Bertz CT molecular complexity index is 722. The molecule has 0 aliphatic rings. The highest BCUT2D eigenvalue weighted by Gasteiger charge is 2.14. The van der Waals surface area contributed by atoms with E-state index < -0.39 is 4.92 Å². The van der Waals surface area contributed by atoms with Gasteiger partial charge < -0.3 is 4.74 Å². The summed E-state index contributed by atoms with van der Waals surface area (Å²) in [7, 11) is 0. The first-order valence-electron chi connectivity index (χ1n) is 5.69. The van der Waals surface area contributed by atoms with E-state index in [1.54, 1.807) is 19.9 Å². The summed E-state index contributed by atoms with van der Waals surface area (Å²) in [6.45, 7) is 3.48. The molecule has 100 valence electrons. The fourth-order valence-electron chi connectivity index (χ4n) is 1.56. The van der Waals surface area contributed by atoms with E-state index in [-0.39, 0.29) is 22.9 Å². The lowest BCUT2D eigenvalue weighted by molar-refractivity contribution is -0.384. The quantitative estimate of drug-likeness (QED) is 0.627. The van der Waals surface area contributed by atoms with Crippen LogP contribution in [0.2, 0.25) is 0 Å². The average molecular weight is 270 g/mol. The van der Waals surface area contributed by atoms with Gasteiger partial charge in [0, 0.05) is 6.07 Å². The second-order valence-corrected chi connectivity index (χ2v) is 4.06. The smallest absolute Gasteiger partial charge is 0.273 e. The highest BCUT2D eigenvalue weighted by molar-refractivity contribution is 5.47. The zero-order valence-corrected chi connectivity index (χ0v) is 10.8. The van der Waals surface area contributed by atoms with Crippen molar-refractivity contribution in [3.05, 3.63) is 51.2 Å². The summed E-state index contributed by atoms with van der Waals surface area (Å²) in [5.74, 6) is 0.268. The van der Waals surface area contributed by atoms with Crippen molar-refractivity contribution in [1.29, 1.82) is 5.26 Å². The van der Waals surface area contributed by atoms with Crippen molar-refractivity contribution in [3.8, 4) is 17.7 Å². The van der Waals surface area contributed by atoms with Gasteiger partial charge in [-0.1, -0.05) is 6.07 Å². The third-order valence-electron chi connectivity index (χ3n) is 2.78. The van der Waals surface area contributed by atoms with Gasteiger partial charge >= 0.3 is 0 Å². The summed E-state index contributed by atoms with van der Waals surface area (Å²) in [5, 5.41) is 27.5. The number of nitro benzene ring substituents is 1. The minimum absolute atomic E-state index is 0.0381. The predicted molar refractivity (Wildman–Crippen MR) is 69.4 cm³/mol. The summed E-state index contributed by atoms with van der Waals surface area (Å²) in [6.07, 6.45) is 0. The Morgan fingerprint density at radius 2 is 2.10 bits per heavy atom. The largest absolute Gasteiger partial charge is 0.436 e. The van der Waals surface area contributed by atoms with E-state index in [9.17, 15) is 10.1 Å². The molecule has 0 fully saturated rings. The molecule has 2 aromatic rings. The molecule has 2 rings (SSSR count). The van der Waals surface area contributed by atoms with E-state index in [1.807, 2.05) is 6.07 Å². The topological polar surface area (TPSA) is 102 Å². The third kappa shape index (κ3) is 2.54. The second-order valence-electron chi connectivity index (χ2n) is 4.06. The van der Waals surface area contributed by atoms with Gasteiger partial charge in [-0.3, -0.25) is 10.1 Å². The van der Waals surface area contributed by atoms with E-state index in [1.165, 1.54) is 18.2 Å². The van der Waals surface area contributed by atoms with Crippen LogP contribution in [0.5, 0.6) is 11.6 Å². The fourth-order valence-corrected chi connectivity index (χ4v) is 1.56. The second kappa shape index (κ2) is 5.32. The molecule has 0 aliphatic carbocycles. The number of aromatic nitrogens is 2. The van der Waals surface area contributed by atoms with Crippen molar-refractivity contribution < 1.29 is 9.66 Å². The van der Waals surface area contributed by atoms with Gasteiger partial charge in [-0.05, 0) is 25.5 Å². The monoisotopic (exact) mass is 270 g/mol. The minimum atomic E-state index is -0.524. The number of hydrogen-bond acceptors (Lipinski definition) is 6. The highest BCUT2D eigenvalue weighted by Crippen LogP contribution is 2.27. The Balaban J connectivity index is 2.41. The molecule has 0 amide bonds. The molecule has 1 aromatic heterocycles. The molecule has 0 saturated carbocycles. The van der Waals surface area contributed by atoms with Crippen LogP contribution in [0.15, 0.2) is 24.3 Å². The molecule has 7 heteroatoms. The molecular weight excluding hydrogens is 260 g/mol. The van der Waals surface area contributed by atoms with Gasteiger partial charge in [-0.25, -0.2) is 0 Å². The zero-order chi connectivity index (χ0) is 14.7. The molecule has 0 unspecified atom stereocenters. The van der Waals surface area contributed by atoms with Gasteiger partial charge in [-0.15, -0.1) is 5.10 Å². The average Bonchev–Trinajstić information content (AvgIpc) is 2.43. The van der Waals surface area contributed by atoms with Crippen molar-refractivity contribution >= 4 is 5.69 Å². The maximum Gasteiger partial charge on any atom is 0.273 e. The molecule has 0 atom stereocenters.